The first-order chi connectivity index (χ1) is 11.7. The van der Waals surface area contributed by atoms with Crippen LogP contribution in [0.2, 0.25) is 0 Å². The van der Waals surface area contributed by atoms with Gasteiger partial charge in [0.1, 0.15) is 11.4 Å². The number of pyridine rings is 1. The summed E-state index contributed by atoms with van der Waals surface area (Å²) in [5.41, 5.74) is 2.24. The number of benzene rings is 1. The van der Waals surface area contributed by atoms with Crippen LogP contribution in [0, 0.1) is 5.92 Å². The van der Waals surface area contributed by atoms with Gasteiger partial charge >= 0.3 is 6.09 Å². The summed E-state index contributed by atoms with van der Waals surface area (Å²) in [5, 5.41) is 0.970. The van der Waals surface area contributed by atoms with Crippen LogP contribution in [-0.2, 0) is 11.3 Å². The Kier molecular flexibility index (Phi) is 4.35. The third kappa shape index (κ3) is 3.15. The van der Waals surface area contributed by atoms with E-state index in [1.165, 1.54) is 0 Å². The van der Waals surface area contributed by atoms with E-state index in [1.807, 2.05) is 45.0 Å². The normalized spacial score (nSPS) is 17.1. The van der Waals surface area contributed by atoms with Crippen LogP contribution >= 0.6 is 0 Å². The topological polar surface area (TPSA) is 51.7 Å². The minimum absolute atomic E-state index is 0.122. The molecule has 5 heteroatoms. The molecule has 1 atom stereocenters. The average molecular weight is 342 g/mol. The Hall–Kier alpha value is -2.30. The van der Waals surface area contributed by atoms with Crippen LogP contribution < -0.4 is 4.74 Å². The molecule has 1 aliphatic heterocycles. The Morgan fingerprint density at radius 2 is 1.96 bits per heavy atom. The summed E-state index contributed by atoms with van der Waals surface area (Å²) in [7, 11) is 1.67. The highest BCUT2D eigenvalue weighted by Crippen LogP contribution is 2.44. The van der Waals surface area contributed by atoms with Crippen molar-refractivity contribution in [2.24, 2.45) is 5.92 Å². The van der Waals surface area contributed by atoms with Crippen molar-refractivity contribution in [3.8, 4) is 5.75 Å². The quantitative estimate of drug-likeness (QED) is 0.794. The van der Waals surface area contributed by atoms with Crippen molar-refractivity contribution in [3.05, 3.63) is 35.5 Å². The largest absolute Gasteiger partial charge is 0.496 e. The summed E-state index contributed by atoms with van der Waals surface area (Å²) in [6.07, 6.45) is -0.310. The number of para-hydroxylation sites is 1. The Balaban J connectivity index is 2.12. The molecule has 1 aromatic heterocycles. The van der Waals surface area contributed by atoms with E-state index in [0.29, 0.717) is 6.54 Å². The zero-order valence-electron chi connectivity index (χ0n) is 15.8. The highest BCUT2D eigenvalue weighted by molar-refractivity contribution is 5.87. The Morgan fingerprint density at radius 1 is 1.28 bits per heavy atom. The number of hydrogen-bond donors (Lipinski definition) is 0. The molecular formula is C20H26N2O3. The lowest BCUT2D eigenvalue weighted by Crippen LogP contribution is -2.37. The van der Waals surface area contributed by atoms with Crippen molar-refractivity contribution in [2.75, 3.05) is 7.11 Å². The summed E-state index contributed by atoms with van der Waals surface area (Å²) in [5.74, 6) is 1.02. The molecule has 1 amide bonds. The highest BCUT2D eigenvalue weighted by Gasteiger charge is 2.41. The fraction of sp³-hybridized carbons (Fsp3) is 0.500. The monoisotopic (exact) mass is 342 g/mol. The van der Waals surface area contributed by atoms with E-state index in [4.69, 9.17) is 14.5 Å². The van der Waals surface area contributed by atoms with E-state index >= 15 is 0 Å². The molecule has 0 saturated heterocycles. The van der Waals surface area contributed by atoms with Crippen molar-refractivity contribution in [1.29, 1.82) is 0 Å². The molecule has 1 aliphatic rings. The van der Waals surface area contributed by atoms with Gasteiger partial charge in [0.05, 0.1) is 30.9 Å². The summed E-state index contributed by atoms with van der Waals surface area (Å²) >= 11 is 0. The van der Waals surface area contributed by atoms with Crippen molar-refractivity contribution in [2.45, 2.75) is 52.8 Å². The maximum Gasteiger partial charge on any atom is 0.411 e. The van der Waals surface area contributed by atoms with Crippen molar-refractivity contribution in [3.63, 3.8) is 0 Å². The number of fused-ring (bicyclic) bond motifs is 2. The van der Waals surface area contributed by atoms with Gasteiger partial charge in [-0.05, 0) is 38.8 Å². The first-order valence-electron chi connectivity index (χ1n) is 8.68. The summed E-state index contributed by atoms with van der Waals surface area (Å²) in [4.78, 5) is 19.4. The minimum atomic E-state index is -0.532. The van der Waals surface area contributed by atoms with Gasteiger partial charge in [0.15, 0.2) is 0 Å². The van der Waals surface area contributed by atoms with E-state index in [-0.39, 0.29) is 18.1 Å². The Morgan fingerprint density at radius 3 is 2.56 bits per heavy atom. The van der Waals surface area contributed by atoms with Crippen molar-refractivity contribution >= 4 is 17.0 Å². The predicted octanol–water partition coefficient (Wildman–Crippen LogP) is 4.69. The SMILES string of the molecule is COc1c2c(nc3ccccc13)[C@@H](C(C)C)N(C(=O)OC(C)(C)C)C2. The second-order valence-electron chi connectivity index (χ2n) is 7.82. The van der Waals surface area contributed by atoms with Crippen LogP contribution in [0.4, 0.5) is 4.79 Å². The molecule has 134 valence electrons. The van der Waals surface area contributed by atoms with Gasteiger partial charge in [-0.25, -0.2) is 9.78 Å². The molecule has 0 spiro atoms. The molecule has 25 heavy (non-hydrogen) atoms. The number of ether oxygens (including phenoxy) is 2. The molecule has 0 fully saturated rings. The molecule has 3 rings (SSSR count). The maximum atomic E-state index is 12.8. The van der Waals surface area contributed by atoms with E-state index < -0.39 is 5.60 Å². The number of aromatic nitrogens is 1. The van der Waals surface area contributed by atoms with Crippen molar-refractivity contribution < 1.29 is 14.3 Å². The second kappa shape index (κ2) is 6.21. The van der Waals surface area contributed by atoms with E-state index in [2.05, 4.69) is 13.8 Å². The van der Waals surface area contributed by atoms with Crippen LogP contribution in [0.3, 0.4) is 0 Å². The van der Waals surface area contributed by atoms with Gasteiger partial charge in [0, 0.05) is 10.9 Å². The maximum absolute atomic E-state index is 12.8. The van der Waals surface area contributed by atoms with Crippen molar-refractivity contribution in [1.82, 2.24) is 9.88 Å². The Labute approximate surface area is 148 Å². The zero-order chi connectivity index (χ0) is 18.4. The first-order valence-corrected chi connectivity index (χ1v) is 8.68. The molecule has 0 radical (unpaired) electrons. The zero-order valence-corrected chi connectivity index (χ0v) is 15.8. The highest BCUT2D eigenvalue weighted by atomic mass is 16.6. The fourth-order valence-corrected chi connectivity index (χ4v) is 3.46. The minimum Gasteiger partial charge on any atom is -0.496 e. The van der Waals surface area contributed by atoms with Crippen LogP contribution in [0.25, 0.3) is 10.9 Å². The lowest BCUT2D eigenvalue weighted by Gasteiger charge is -2.30. The average Bonchev–Trinajstić information content (AvgIpc) is 2.90. The number of hydrogen-bond acceptors (Lipinski definition) is 4. The molecule has 0 unspecified atom stereocenters. The van der Waals surface area contributed by atoms with Gasteiger partial charge in [-0.3, -0.25) is 4.90 Å². The summed E-state index contributed by atoms with van der Waals surface area (Å²) in [6.45, 7) is 10.3. The molecule has 0 saturated carbocycles. The molecular weight excluding hydrogens is 316 g/mol. The molecule has 5 nitrogen and oxygen atoms in total. The molecule has 0 N–H and O–H groups in total. The lowest BCUT2D eigenvalue weighted by atomic mass is 9.98. The van der Waals surface area contributed by atoms with Crippen LogP contribution in [0.15, 0.2) is 24.3 Å². The van der Waals surface area contributed by atoms with Gasteiger partial charge < -0.3 is 9.47 Å². The van der Waals surface area contributed by atoms with Gasteiger partial charge in [-0.15, -0.1) is 0 Å². The number of carbonyl (C=O) groups excluding carboxylic acids is 1. The smallest absolute Gasteiger partial charge is 0.411 e. The number of carbonyl (C=O) groups is 1. The first kappa shape index (κ1) is 17.5. The summed E-state index contributed by atoms with van der Waals surface area (Å²) < 4.78 is 11.3. The lowest BCUT2D eigenvalue weighted by molar-refractivity contribution is 0.0124. The molecule has 0 aliphatic carbocycles. The number of nitrogens with zero attached hydrogens (tertiary/aromatic N) is 2. The van der Waals surface area contributed by atoms with Crippen LogP contribution in [0.1, 0.15) is 51.9 Å². The molecule has 2 aromatic rings. The predicted molar refractivity (Wildman–Crippen MR) is 97.7 cm³/mol. The van der Waals surface area contributed by atoms with E-state index in [0.717, 1.165) is 27.9 Å². The van der Waals surface area contributed by atoms with Crippen LogP contribution in [-0.4, -0.2) is 28.7 Å². The van der Waals surface area contributed by atoms with Gasteiger partial charge in [-0.2, -0.15) is 0 Å². The fourth-order valence-electron chi connectivity index (χ4n) is 3.46. The van der Waals surface area contributed by atoms with E-state index in [9.17, 15) is 4.79 Å². The Bertz CT molecular complexity index is 808. The molecule has 1 aromatic carbocycles. The number of rotatable bonds is 2. The number of amides is 1. The van der Waals surface area contributed by atoms with Gasteiger partial charge in [0.25, 0.3) is 0 Å². The van der Waals surface area contributed by atoms with Crippen LogP contribution in [0.5, 0.6) is 5.75 Å². The standard InChI is InChI=1S/C20H26N2O3/c1-12(2)17-16-14(11-22(17)19(23)25-20(3,4)5)18(24-6)13-9-7-8-10-15(13)21-16/h7-10,12,17H,11H2,1-6H3/t17-/m1/s1. The molecule has 2 heterocycles. The third-order valence-corrected chi connectivity index (χ3v) is 4.38. The van der Waals surface area contributed by atoms with Gasteiger partial charge in [0.2, 0.25) is 0 Å². The van der Waals surface area contributed by atoms with E-state index in [1.54, 1.807) is 12.0 Å². The third-order valence-electron chi connectivity index (χ3n) is 4.38. The summed E-state index contributed by atoms with van der Waals surface area (Å²) in [6, 6.07) is 7.79. The van der Waals surface area contributed by atoms with Gasteiger partial charge in [-0.1, -0.05) is 26.0 Å². The number of methoxy groups -OCH3 is 1. The second-order valence-corrected chi connectivity index (χ2v) is 7.82. The molecule has 0 bridgehead atoms.